The fraction of sp³-hybridized carbons (Fsp3) is 0.889. The van der Waals surface area contributed by atoms with Crippen molar-refractivity contribution in [1.29, 1.82) is 0 Å². The summed E-state index contributed by atoms with van der Waals surface area (Å²) in [7, 11) is 1.71. The molecule has 1 aliphatic rings. The van der Waals surface area contributed by atoms with Crippen LogP contribution in [0.1, 0.15) is 26.2 Å². The third-order valence-corrected chi connectivity index (χ3v) is 2.60. The smallest absolute Gasteiger partial charge is 0.130 e. The van der Waals surface area contributed by atoms with Crippen LogP contribution in [-0.4, -0.2) is 30.6 Å². The van der Waals surface area contributed by atoms with Crippen LogP contribution in [0.4, 0.5) is 0 Å². The molecule has 1 saturated heterocycles. The molecule has 0 atom stereocenters. The number of hydroxylamine groups is 3. The number of ketones is 1. The quantitative estimate of drug-likeness (QED) is 0.464. The highest BCUT2D eigenvalue weighted by molar-refractivity contribution is 5.75. The molecule has 3 nitrogen and oxygen atoms in total. The van der Waals surface area contributed by atoms with E-state index >= 15 is 0 Å². The first-order valence-electron chi connectivity index (χ1n) is 4.54. The van der Waals surface area contributed by atoms with Gasteiger partial charge in [-0.05, 0) is 12.8 Å². The van der Waals surface area contributed by atoms with E-state index in [1.807, 2.05) is 0 Å². The van der Waals surface area contributed by atoms with Gasteiger partial charge in [-0.2, -0.15) is 0 Å². The van der Waals surface area contributed by atoms with Crippen molar-refractivity contribution in [1.82, 2.24) is 0 Å². The Morgan fingerprint density at radius 1 is 1.50 bits per heavy atom. The highest BCUT2D eigenvalue weighted by atomic mass is 16.5. The number of hydrogen-bond acceptors (Lipinski definition) is 2. The molecule has 1 aliphatic heterocycles. The highest BCUT2D eigenvalue weighted by Crippen LogP contribution is 2.23. The third-order valence-electron chi connectivity index (χ3n) is 2.60. The Balaban J connectivity index is 2.31. The Hall–Kier alpha value is -0.410. The minimum atomic E-state index is -0.117. The zero-order chi connectivity index (χ0) is 9.19. The summed E-state index contributed by atoms with van der Waals surface area (Å²) >= 11 is 0. The number of Topliss-reactive ketones (excluding diaryl/α,β-unsaturated/α-hetero) is 1. The molecule has 70 valence electrons. The van der Waals surface area contributed by atoms with Crippen LogP contribution in [0.25, 0.3) is 0 Å². The van der Waals surface area contributed by atoms with Gasteiger partial charge < -0.3 is 14.6 Å². The van der Waals surface area contributed by atoms with Crippen LogP contribution in [0.5, 0.6) is 0 Å². The molecule has 0 spiro atoms. The molecular weight excluding hydrogens is 154 g/mol. The van der Waals surface area contributed by atoms with Crippen LogP contribution in [0.15, 0.2) is 0 Å². The number of hydrogen-bond donors (Lipinski definition) is 0. The van der Waals surface area contributed by atoms with Gasteiger partial charge >= 0.3 is 0 Å². The van der Waals surface area contributed by atoms with Crippen molar-refractivity contribution in [2.24, 2.45) is 5.92 Å². The van der Waals surface area contributed by atoms with Gasteiger partial charge in [0.25, 0.3) is 0 Å². The second kappa shape index (κ2) is 3.54. The molecule has 0 aromatic rings. The summed E-state index contributed by atoms with van der Waals surface area (Å²) in [5.41, 5.74) is 0. The van der Waals surface area contributed by atoms with Gasteiger partial charge in [0.05, 0.1) is 20.1 Å². The molecule has 0 aromatic carbocycles. The van der Waals surface area contributed by atoms with Crippen LogP contribution in [0.3, 0.4) is 0 Å². The van der Waals surface area contributed by atoms with Gasteiger partial charge in [0.1, 0.15) is 5.78 Å². The van der Waals surface area contributed by atoms with Crippen molar-refractivity contribution in [3.05, 3.63) is 5.21 Å². The normalized spacial score (nSPS) is 36.4. The van der Waals surface area contributed by atoms with Crippen molar-refractivity contribution < 1.29 is 9.44 Å². The van der Waals surface area contributed by atoms with E-state index in [1.165, 1.54) is 0 Å². The monoisotopic (exact) mass is 171 g/mol. The molecule has 0 aliphatic carbocycles. The molecular formula is C9H17NO2. The van der Waals surface area contributed by atoms with Gasteiger partial charge in [-0.3, -0.25) is 0 Å². The molecule has 0 bridgehead atoms. The van der Waals surface area contributed by atoms with Crippen molar-refractivity contribution in [3.63, 3.8) is 0 Å². The number of carbonyl (C=O) groups excluding carboxylic acids is 1. The number of piperidine rings is 1. The number of likely N-dealkylation sites (tertiary alicyclic amines) is 1. The molecule has 1 heterocycles. The fourth-order valence-electron chi connectivity index (χ4n) is 1.78. The van der Waals surface area contributed by atoms with Gasteiger partial charge in [-0.1, -0.05) is 0 Å². The van der Waals surface area contributed by atoms with E-state index < -0.39 is 0 Å². The summed E-state index contributed by atoms with van der Waals surface area (Å²) in [6.45, 7) is 2.98. The zero-order valence-corrected chi connectivity index (χ0v) is 7.88. The first-order valence-corrected chi connectivity index (χ1v) is 4.54. The van der Waals surface area contributed by atoms with Crippen molar-refractivity contribution in [3.8, 4) is 0 Å². The maximum absolute atomic E-state index is 11.4. The van der Waals surface area contributed by atoms with Crippen molar-refractivity contribution in [2.75, 3.05) is 20.1 Å². The first kappa shape index (κ1) is 9.68. The largest absolute Gasteiger partial charge is 0.633 e. The lowest BCUT2D eigenvalue weighted by Crippen LogP contribution is -2.44. The standard InChI is InChI=1S/C9H17NO2/c1-8(11)7-9-3-5-10(2,12)6-4-9/h9H,3-7H2,1-2H3. The number of quaternary nitrogens is 1. The number of rotatable bonds is 2. The predicted molar refractivity (Wildman–Crippen MR) is 47.3 cm³/mol. The average molecular weight is 171 g/mol. The Kier molecular flexibility index (Phi) is 2.85. The van der Waals surface area contributed by atoms with E-state index in [4.69, 9.17) is 0 Å². The third kappa shape index (κ3) is 2.91. The molecule has 3 heteroatoms. The summed E-state index contributed by atoms with van der Waals surface area (Å²) in [6, 6.07) is 0. The van der Waals surface area contributed by atoms with E-state index in [2.05, 4.69) is 0 Å². The summed E-state index contributed by atoms with van der Waals surface area (Å²) in [5, 5.41) is 11.4. The molecule has 0 aromatic heterocycles. The second-order valence-electron chi connectivity index (χ2n) is 4.09. The Labute approximate surface area is 73.5 Å². The minimum Gasteiger partial charge on any atom is -0.633 e. The molecule has 0 N–H and O–H groups in total. The van der Waals surface area contributed by atoms with Gasteiger partial charge in [0, 0.05) is 19.3 Å². The number of nitrogens with zero attached hydrogens (tertiary/aromatic N) is 1. The first-order chi connectivity index (χ1) is 5.49. The molecule has 12 heavy (non-hydrogen) atoms. The Bertz CT molecular complexity index is 167. The second-order valence-corrected chi connectivity index (χ2v) is 4.09. The van der Waals surface area contributed by atoms with E-state index in [9.17, 15) is 10.0 Å². The summed E-state index contributed by atoms with van der Waals surface area (Å²) in [6.07, 6.45) is 2.50. The van der Waals surface area contributed by atoms with Crippen molar-refractivity contribution >= 4 is 5.78 Å². The van der Waals surface area contributed by atoms with Crippen LogP contribution in [0, 0.1) is 11.1 Å². The fourth-order valence-corrected chi connectivity index (χ4v) is 1.78. The van der Waals surface area contributed by atoms with Crippen LogP contribution >= 0.6 is 0 Å². The van der Waals surface area contributed by atoms with Crippen molar-refractivity contribution in [2.45, 2.75) is 26.2 Å². The molecule has 0 radical (unpaired) electrons. The zero-order valence-electron chi connectivity index (χ0n) is 7.88. The lowest BCUT2D eigenvalue weighted by Gasteiger charge is -2.43. The maximum Gasteiger partial charge on any atom is 0.130 e. The van der Waals surface area contributed by atoms with Crippen LogP contribution in [0.2, 0.25) is 0 Å². The molecule has 1 fully saturated rings. The van der Waals surface area contributed by atoms with Gasteiger partial charge in [-0.25, -0.2) is 0 Å². The molecule has 1 rings (SSSR count). The van der Waals surface area contributed by atoms with E-state index in [1.54, 1.807) is 14.0 Å². The van der Waals surface area contributed by atoms with Crippen LogP contribution in [-0.2, 0) is 4.79 Å². The Morgan fingerprint density at radius 2 is 2.00 bits per heavy atom. The average Bonchev–Trinajstić information content (AvgIpc) is 1.93. The SMILES string of the molecule is CC(=O)CC1CC[N+](C)([O-])CC1. The predicted octanol–water partition coefficient (Wildman–Crippen LogP) is 1.32. The number of carbonyl (C=O) groups is 1. The molecule has 0 amide bonds. The highest BCUT2D eigenvalue weighted by Gasteiger charge is 2.23. The lowest BCUT2D eigenvalue weighted by atomic mass is 9.92. The van der Waals surface area contributed by atoms with Gasteiger partial charge in [0.15, 0.2) is 0 Å². The topological polar surface area (TPSA) is 40.1 Å². The Morgan fingerprint density at radius 3 is 2.42 bits per heavy atom. The van der Waals surface area contributed by atoms with Crippen LogP contribution < -0.4 is 0 Å². The summed E-state index contributed by atoms with van der Waals surface area (Å²) < 4.78 is -0.117. The van der Waals surface area contributed by atoms with E-state index in [0.717, 1.165) is 12.8 Å². The van der Waals surface area contributed by atoms with Gasteiger partial charge in [0.2, 0.25) is 0 Å². The summed E-state index contributed by atoms with van der Waals surface area (Å²) in [4.78, 5) is 10.8. The van der Waals surface area contributed by atoms with Gasteiger partial charge in [-0.15, -0.1) is 0 Å². The molecule has 0 unspecified atom stereocenters. The minimum absolute atomic E-state index is 0.117. The summed E-state index contributed by atoms with van der Waals surface area (Å²) in [5.74, 6) is 0.727. The van der Waals surface area contributed by atoms with E-state index in [-0.39, 0.29) is 10.4 Å². The lowest BCUT2D eigenvalue weighted by molar-refractivity contribution is -0.867. The molecule has 0 saturated carbocycles. The van der Waals surface area contributed by atoms with E-state index in [0.29, 0.717) is 25.4 Å². The maximum atomic E-state index is 11.4.